The maximum atomic E-state index is 15.0. The van der Waals surface area contributed by atoms with Gasteiger partial charge in [-0.15, -0.1) is 0 Å². The van der Waals surface area contributed by atoms with E-state index in [-0.39, 0.29) is 5.82 Å². The molecule has 4 heterocycles. The number of benzene rings is 1. The number of nitrogens with zero attached hydrogens (tertiary/aromatic N) is 4. The molecule has 0 bridgehead atoms. The van der Waals surface area contributed by atoms with E-state index in [4.69, 9.17) is 5.26 Å². The van der Waals surface area contributed by atoms with Gasteiger partial charge in [0.05, 0.1) is 34.3 Å². The third kappa shape index (κ3) is 2.90. The van der Waals surface area contributed by atoms with Crippen molar-refractivity contribution in [3.8, 4) is 40.0 Å². The molecule has 0 unspecified atom stereocenters. The molecule has 1 aliphatic rings. The van der Waals surface area contributed by atoms with Crippen molar-refractivity contribution < 1.29 is 17.6 Å². The van der Waals surface area contributed by atoms with Crippen LogP contribution in [-0.2, 0) is 6.18 Å². The molecule has 0 atom stereocenters. The molecule has 0 aliphatic carbocycles. The molecule has 10 heteroatoms. The van der Waals surface area contributed by atoms with Gasteiger partial charge in [-0.3, -0.25) is 4.98 Å². The van der Waals surface area contributed by atoms with Crippen molar-refractivity contribution in [2.45, 2.75) is 6.18 Å². The van der Waals surface area contributed by atoms with Crippen LogP contribution in [0.2, 0.25) is 0 Å². The summed E-state index contributed by atoms with van der Waals surface area (Å²) in [5.41, 5.74) is -0.233. The summed E-state index contributed by atoms with van der Waals surface area (Å²) >= 11 is 0. The summed E-state index contributed by atoms with van der Waals surface area (Å²) in [5.74, 6) is -1.21. The van der Waals surface area contributed by atoms with E-state index >= 15 is 0 Å². The molecule has 4 aromatic rings. The highest BCUT2D eigenvalue weighted by molar-refractivity contribution is 5.95. The van der Waals surface area contributed by atoms with E-state index in [1.807, 2.05) is 0 Å². The summed E-state index contributed by atoms with van der Waals surface area (Å²) < 4.78 is 55.9. The Balaban J connectivity index is 1.85. The minimum absolute atomic E-state index is 0.297. The Bertz CT molecular complexity index is 1320. The zero-order chi connectivity index (χ0) is 21.8. The number of H-pyrrole nitrogens is 1. The number of anilines is 2. The summed E-state index contributed by atoms with van der Waals surface area (Å²) in [4.78, 5) is 15.5. The highest BCUT2D eigenvalue weighted by Gasteiger charge is 2.37. The van der Waals surface area contributed by atoms with Gasteiger partial charge >= 0.3 is 6.18 Å². The number of rotatable bonds is 1. The smallest absolute Gasteiger partial charge is 0.338 e. The van der Waals surface area contributed by atoms with Crippen LogP contribution in [0.5, 0.6) is 0 Å². The van der Waals surface area contributed by atoms with Crippen LogP contribution in [0.1, 0.15) is 11.1 Å². The fraction of sp³-hybridized carbons (Fsp3) is 0.0476. The number of aromatic amines is 1. The zero-order valence-corrected chi connectivity index (χ0v) is 15.4. The molecule has 0 saturated heterocycles. The average Bonchev–Trinajstić information content (AvgIpc) is 3.13. The lowest BCUT2D eigenvalue weighted by Crippen LogP contribution is -2.10. The summed E-state index contributed by atoms with van der Waals surface area (Å²) in [6, 6.07) is 8.07. The van der Waals surface area contributed by atoms with Crippen LogP contribution in [0.3, 0.4) is 0 Å². The van der Waals surface area contributed by atoms with E-state index in [2.05, 4.69) is 25.3 Å². The number of aromatic nitrogens is 4. The van der Waals surface area contributed by atoms with Gasteiger partial charge in [-0.2, -0.15) is 18.4 Å². The minimum atomic E-state index is -4.85. The molecule has 1 aromatic carbocycles. The van der Waals surface area contributed by atoms with Gasteiger partial charge in [-0.1, -0.05) is 0 Å². The molecule has 0 amide bonds. The number of nitriles is 1. The third-order valence-corrected chi connectivity index (χ3v) is 4.91. The van der Waals surface area contributed by atoms with E-state index in [0.717, 1.165) is 6.07 Å². The molecular weight excluding hydrogens is 412 g/mol. The number of pyridine rings is 2. The molecule has 1 aliphatic heterocycles. The number of fused-ring (bicyclic) bond motifs is 5. The monoisotopic (exact) mass is 422 g/mol. The molecule has 0 fully saturated rings. The van der Waals surface area contributed by atoms with Crippen LogP contribution in [0, 0.1) is 17.1 Å². The SMILES string of the molecule is N#Cc1ccc(C(F)(F)F)c(-c2nc3c([nH]2)-c2ccncc2Nc2ncccc2-3)c1F. The molecule has 3 aromatic heterocycles. The second-order valence-corrected chi connectivity index (χ2v) is 6.71. The number of imidazole rings is 1. The fourth-order valence-corrected chi connectivity index (χ4v) is 3.55. The largest absolute Gasteiger partial charge is 0.417 e. The zero-order valence-electron chi connectivity index (χ0n) is 15.4. The summed E-state index contributed by atoms with van der Waals surface area (Å²) in [6.07, 6.45) is -0.233. The Hall–Kier alpha value is -4.26. The molecule has 31 heavy (non-hydrogen) atoms. The maximum absolute atomic E-state index is 15.0. The first-order valence-electron chi connectivity index (χ1n) is 8.95. The van der Waals surface area contributed by atoms with Crippen molar-refractivity contribution in [2.24, 2.45) is 0 Å². The molecule has 2 N–H and O–H groups in total. The van der Waals surface area contributed by atoms with Gasteiger partial charge in [0.2, 0.25) is 0 Å². The number of alkyl halides is 3. The lowest BCUT2D eigenvalue weighted by Gasteiger charge is -2.13. The second-order valence-electron chi connectivity index (χ2n) is 6.71. The van der Waals surface area contributed by atoms with Gasteiger partial charge in [0, 0.05) is 23.5 Å². The predicted molar refractivity (Wildman–Crippen MR) is 103 cm³/mol. The van der Waals surface area contributed by atoms with Crippen LogP contribution in [-0.4, -0.2) is 19.9 Å². The highest BCUT2D eigenvalue weighted by Crippen LogP contribution is 2.45. The van der Waals surface area contributed by atoms with Crippen molar-refractivity contribution >= 4 is 11.5 Å². The van der Waals surface area contributed by atoms with Crippen molar-refractivity contribution in [3.63, 3.8) is 0 Å². The second kappa shape index (κ2) is 6.63. The lowest BCUT2D eigenvalue weighted by atomic mass is 10.0. The van der Waals surface area contributed by atoms with Crippen molar-refractivity contribution in [3.05, 3.63) is 65.9 Å². The van der Waals surface area contributed by atoms with Crippen LogP contribution < -0.4 is 5.32 Å². The number of halogens is 4. The van der Waals surface area contributed by atoms with Crippen molar-refractivity contribution in [1.29, 1.82) is 5.26 Å². The first-order chi connectivity index (χ1) is 14.9. The summed E-state index contributed by atoms with van der Waals surface area (Å²) in [7, 11) is 0. The first-order valence-corrected chi connectivity index (χ1v) is 8.95. The maximum Gasteiger partial charge on any atom is 0.417 e. The molecular formula is C21H10F4N6. The quantitative estimate of drug-likeness (QED) is 0.359. The average molecular weight is 422 g/mol. The van der Waals surface area contributed by atoms with Gasteiger partial charge in [0.1, 0.15) is 23.4 Å². The predicted octanol–water partition coefficient (Wildman–Crippen LogP) is 5.29. The van der Waals surface area contributed by atoms with Crippen LogP contribution in [0.4, 0.5) is 29.1 Å². The number of hydrogen-bond donors (Lipinski definition) is 2. The van der Waals surface area contributed by atoms with E-state index in [0.29, 0.717) is 40.1 Å². The molecule has 6 nitrogen and oxygen atoms in total. The van der Waals surface area contributed by atoms with Crippen LogP contribution in [0.25, 0.3) is 33.9 Å². The molecule has 152 valence electrons. The molecule has 5 rings (SSSR count). The van der Waals surface area contributed by atoms with Gasteiger partial charge in [0.25, 0.3) is 0 Å². The van der Waals surface area contributed by atoms with E-state index < -0.39 is 28.7 Å². The van der Waals surface area contributed by atoms with E-state index in [1.165, 1.54) is 6.20 Å². The standard InChI is InChI=1S/C21H10F4N6/c22-16-10(8-26)3-4-13(21(23,24)25)15(16)20-30-17-11-5-7-27-9-14(11)29-19-12(18(17)31-20)2-1-6-28-19/h1-7,9H,(H,28,29)(H,30,31). The van der Waals surface area contributed by atoms with E-state index in [1.54, 1.807) is 36.7 Å². The number of hydrogen-bond acceptors (Lipinski definition) is 5. The summed E-state index contributed by atoms with van der Waals surface area (Å²) in [5, 5.41) is 12.2. The molecule has 0 radical (unpaired) electrons. The Kier molecular flexibility index (Phi) is 4.01. The Morgan fingerprint density at radius 2 is 1.87 bits per heavy atom. The topological polar surface area (TPSA) is 90.3 Å². The molecule has 0 spiro atoms. The minimum Gasteiger partial charge on any atom is -0.338 e. The van der Waals surface area contributed by atoms with Gasteiger partial charge in [-0.25, -0.2) is 14.4 Å². The normalized spacial score (nSPS) is 12.1. The first kappa shape index (κ1) is 18.7. The Labute approximate surface area is 172 Å². The Morgan fingerprint density at radius 3 is 2.65 bits per heavy atom. The van der Waals surface area contributed by atoms with Crippen LogP contribution in [0.15, 0.2) is 48.9 Å². The van der Waals surface area contributed by atoms with E-state index in [9.17, 15) is 17.6 Å². The van der Waals surface area contributed by atoms with Crippen molar-refractivity contribution in [2.75, 3.05) is 5.32 Å². The Morgan fingerprint density at radius 1 is 1.03 bits per heavy atom. The van der Waals surface area contributed by atoms with Gasteiger partial charge in [0.15, 0.2) is 5.82 Å². The lowest BCUT2D eigenvalue weighted by molar-refractivity contribution is -0.137. The molecule has 0 saturated carbocycles. The fourth-order valence-electron chi connectivity index (χ4n) is 3.55. The van der Waals surface area contributed by atoms with Crippen LogP contribution >= 0.6 is 0 Å². The summed E-state index contributed by atoms with van der Waals surface area (Å²) in [6.45, 7) is 0. The van der Waals surface area contributed by atoms with Gasteiger partial charge in [-0.05, 0) is 30.3 Å². The number of nitrogens with one attached hydrogen (secondary N) is 2. The third-order valence-electron chi connectivity index (χ3n) is 4.91. The van der Waals surface area contributed by atoms with Crippen molar-refractivity contribution in [1.82, 2.24) is 19.9 Å². The van der Waals surface area contributed by atoms with Gasteiger partial charge < -0.3 is 10.3 Å². The highest BCUT2D eigenvalue weighted by atomic mass is 19.4.